The van der Waals surface area contributed by atoms with Crippen LogP contribution in [0.4, 0.5) is 5.69 Å². The molecule has 7 nitrogen and oxygen atoms in total. The molecule has 0 atom stereocenters. The summed E-state index contributed by atoms with van der Waals surface area (Å²) >= 11 is 0. The van der Waals surface area contributed by atoms with Gasteiger partial charge in [0.25, 0.3) is 0 Å². The molecule has 2 aromatic carbocycles. The molecule has 1 N–H and O–H groups in total. The lowest BCUT2D eigenvalue weighted by Crippen LogP contribution is -2.46. The van der Waals surface area contributed by atoms with E-state index in [1.165, 1.54) is 5.56 Å². The van der Waals surface area contributed by atoms with Crippen molar-refractivity contribution < 1.29 is 9.47 Å². The quantitative estimate of drug-likeness (QED) is 0.621. The maximum Gasteiger partial charge on any atom is 0.330 e. The highest BCUT2D eigenvalue weighted by Crippen LogP contribution is 2.37. The van der Waals surface area contributed by atoms with E-state index in [1.807, 2.05) is 21.3 Å². The van der Waals surface area contributed by atoms with Crippen LogP contribution >= 0.6 is 0 Å². The molecule has 1 aromatic heterocycles. The van der Waals surface area contributed by atoms with E-state index < -0.39 is 0 Å². The van der Waals surface area contributed by atoms with Crippen molar-refractivity contribution >= 4 is 5.69 Å². The van der Waals surface area contributed by atoms with Gasteiger partial charge in [-0.05, 0) is 81.9 Å². The fourth-order valence-corrected chi connectivity index (χ4v) is 5.60. The molecule has 0 spiro atoms. The average molecular weight is 475 g/mol. The highest BCUT2D eigenvalue weighted by molar-refractivity contribution is 5.70. The minimum atomic E-state index is 0.0102. The standard InChI is InChI=1S/C28H34N4O3/c1-17-12-18(2)27(19(3)13-17)30-26-16-23-22-15-25(35-5)24(34-4)14-20(22)8-11-31(23)28(33)32(26)21-6-9-29-10-7-21/h12-16,21,29H,6-11H2,1-5H3. The first-order chi connectivity index (χ1) is 16.9. The van der Waals surface area contributed by atoms with Crippen molar-refractivity contribution in [2.24, 2.45) is 4.99 Å². The number of benzene rings is 2. The number of ether oxygens (including phenoxy) is 2. The lowest BCUT2D eigenvalue weighted by atomic mass is 9.96. The smallest absolute Gasteiger partial charge is 0.330 e. The van der Waals surface area contributed by atoms with Crippen molar-refractivity contribution in [1.82, 2.24) is 14.5 Å². The van der Waals surface area contributed by atoms with Crippen LogP contribution < -0.4 is 26.0 Å². The molecule has 0 radical (unpaired) electrons. The normalized spacial score (nSPS) is 16.1. The van der Waals surface area contributed by atoms with Gasteiger partial charge in [-0.25, -0.2) is 9.79 Å². The second-order valence-corrected chi connectivity index (χ2v) is 9.65. The zero-order valence-corrected chi connectivity index (χ0v) is 21.3. The minimum Gasteiger partial charge on any atom is -0.493 e. The van der Waals surface area contributed by atoms with Crippen molar-refractivity contribution in [3.63, 3.8) is 0 Å². The molecule has 7 heteroatoms. The summed E-state index contributed by atoms with van der Waals surface area (Å²) in [6.07, 6.45) is 2.59. The van der Waals surface area contributed by atoms with Gasteiger partial charge in [-0.3, -0.25) is 9.13 Å². The lowest BCUT2D eigenvalue weighted by Gasteiger charge is -2.29. The Morgan fingerprint density at radius 2 is 1.60 bits per heavy atom. The number of nitrogens with one attached hydrogen (secondary N) is 1. The Morgan fingerprint density at radius 1 is 0.943 bits per heavy atom. The molecule has 0 bridgehead atoms. The van der Waals surface area contributed by atoms with Crippen molar-refractivity contribution in [1.29, 1.82) is 0 Å². The van der Waals surface area contributed by atoms with Crippen LogP contribution in [-0.2, 0) is 13.0 Å². The fourth-order valence-electron chi connectivity index (χ4n) is 5.60. The molecule has 3 heterocycles. The molecule has 5 rings (SSSR count). The Kier molecular flexibility index (Phi) is 6.28. The first-order valence-corrected chi connectivity index (χ1v) is 12.4. The first kappa shape index (κ1) is 23.4. The van der Waals surface area contributed by atoms with E-state index in [1.54, 1.807) is 14.2 Å². The number of hydrogen-bond acceptors (Lipinski definition) is 5. The molecule has 0 unspecified atom stereocenters. The van der Waals surface area contributed by atoms with E-state index in [9.17, 15) is 4.79 Å². The predicted molar refractivity (Wildman–Crippen MR) is 138 cm³/mol. The summed E-state index contributed by atoms with van der Waals surface area (Å²) in [7, 11) is 3.29. The summed E-state index contributed by atoms with van der Waals surface area (Å²) in [6, 6.07) is 10.5. The van der Waals surface area contributed by atoms with Gasteiger partial charge in [-0.1, -0.05) is 17.7 Å². The van der Waals surface area contributed by atoms with E-state index in [2.05, 4.69) is 44.3 Å². The average Bonchev–Trinajstić information content (AvgIpc) is 2.85. The third-order valence-corrected chi connectivity index (χ3v) is 7.27. The summed E-state index contributed by atoms with van der Waals surface area (Å²) in [5.41, 5.74) is 8.13. The van der Waals surface area contributed by atoms with E-state index in [4.69, 9.17) is 14.5 Å². The number of rotatable bonds is 4. The van der Waals surface area contributed by atoms with E-state index >= 15 is 0 Å². The zero-order chi connectivity index (χ0) is 24.7. The van der Waals surface area contributed by atoms with Crippen molar-refractivity contribution in [3.8, 4) is 22.8 Å². The van der Waals surface area contributed by atoms with Crippen LogP contribution in [0.5, 0.6) is 11.5 Å². The van der Waals surface area contributed by atoms with Gasteiger partial charge in [0, 0.05) is 24.2 Å². The number of aromatic nitrogens is 2. The molecular formula is C28H34N4O3. The number of methoxy groups -OCH3 is 2. The minimum absolute atomic E-state index is 0.0102. The lowest BCUT2D eigenvalue weighted by molar-refractivity contribution is 0.339. The number of nitrogens with zero attached hydrogens (tertiary/aromatic N) is 3. The van der Waals surface area contributed by atoms with Gasteiger partial charge in [0.1, 0.15) is 5.49 Å². The topological polar surface area (TPSA) is 69.8 Å². The van der Waals surface area contributed by atoms with Crippen LogP contribution in [0.2, 0.25) is 0 Å². The maximum atomic E-state index is 14.0. The Hall–Kier alpha value is -3.32. The van der Waals surface area contributed by atoms with E-state index in [-0.39, 0.29) is 11.7 Å². The fraction of sp³-hybridized carbons (Fsp3) is 0.429. The Morgan fingerprint density at radius 3 is 2.26 bits per heavy atom. The molecule has 3 aromatic rings. The van der Waals surface area contributed by atoms with Gasteiger partial charge in [-0.2, -0.15) is 0 Å². The second-order valence-electron chi connectivity index (χ2n) is 9.65. The summed E-state index contributed by atoms with van der Waals surface area (Å²) in [5.74, 6) is 1.37. The molecule has 1 saturated heterocycles. The zero-order valence-electron chi connectivity index (χ0n) is 21.3. The highest BCUT2D eigenvalue weighted by Gasteiger charge is 2.25. The van der Waals surface area contributed by atoms with Gasteiger partial charge in [0.2, 0.25) is 0 Å². The van der Waals surface area contributed by atoms with Gasteiger partial charge in [0.05, 0.1) is 25.6 Å². The number of aryl methyl sites for hydroxylation is 4. The van der Waals surface area contributed by atoms with Crippen molar-refractivity contribution in [2.75, 3.05) is 27.3 Å². The summed E-state index contributed by atoms with van der Waals surface area (Å²) in [4.78, 5) is 19.2. The van der Waals surface area contributed by atoms with Crippen molar-refractivity contribution in [2.45, 2.75) is 52.6 Å². The Labute approximate surface area is 206 Å². The molecule has 2 aliphatic heterocycles. The molecule has 0 saturated carbocycles. The van der Waals surface area contributed by atoms with E-state index in [0.717, 1.165) is 66.0 Å². The van der Waals surface area contributed by atoms with Crippen LogP contribution in [0, 0.1) is 20.8 Å². The van der Waals surface area contributed by atoms with Gasteiger partial charge in [-0.15, -0.1) is 0 Å². The van der Waals surface area contributed by atoms with Crippen LogP contribution in [0.3, 0.4) is 0 Å². The molecule has 0 amide bonds. The van der Waals surface area contributed by atoms with Crippen LogP contribution in [0.1, 0.15) is 41.1 Å². The molecular weight excluding hydrogens is 440 g/mol. The third kappa shape index (κ3) is 4.18. The number of hydrogen-bond donors (Lipinski definition) is 1. The summed E-state index contributed by atoms with van der Waals surface area (Å²) in [6.45, 7) is 8.71. The van der Waals surface area contributed by atoms with Gasteiger partial charge >= 0.3 is 5.69 Å². The third-order valence-electron chi connectivity index (χ3n) is 7.27. The summed E-state index contributed by atoms with van der Waals surface area (Å²) in [5, 5.41) is 3.42. The maximum absolute atomic E-state index is 14.0. The Bertz CT molecular complexity index is 1390. The van der Waals surface area contributed by atoms with Gasteiger partial charge in [0.15, 0.2) is 11.5 Å². The summed E-state index contributed by atoms with van der Waals surface area (Å²) < 4.78 is 15.0. The number of fused-ring (bicyclic) bond motifs is 3. The van der Waals surface area contributed by atoms with Crippen molar-refractivity contribution in [3.05, 3.63) is 68.6 Å². The van der Waals surface area contributed by atoms with Crippen LogP contribution in [-0.4, -0.2) is 36.4 Å². The molecule has 184 valence electrons. The largest absolute Gasteiger partial charge is 0.493 e. The number of piperidine rings is 1. The van der Waals surface area contributed by atoms with Crippen LogP contribution in [0.15, 0.2) is 40.1 Å². The molecule has 0 aliphatic carbocycles. The molecule has 1 fully saturated rings. The monoisotopic (exact) mass is 474 g/mol. The SMILES string of the molecule is COc1cc2c(cc1OC)-c1cc(=Nc3c(C)cc(C)cc3C)n(C3CCNCC3)c(=O)n1CC2. The van der Waals surface area contributed by atoms with E-state index in [0.29, 0.717) is 23.5 Å². The molecule has 35 heavy (non-hydrogen) atoms. The second kappa shape index (κ2) is 9.38. The highest BCUT2D eigenvalue weighted by atomic mass is 16.5. The molecule has 2 aliphatic rings. The predicted octanol–water partition coefficient (Wildman–Crippen LogP) is 3.97. The first-order valence-electron chi connectivity index (χ1n) is 12.4. The Balaban J connectivity index is 1.80. The van der Waals surface area contributed by atoms with Crippen LogP contribution in [0.25, 0.3) is 11.3 Å². The van der Waals surface area contributed by atoms with Gasteiger partial charge < -0.3 is 14.8 Å².